The molecule has 0 aromatic heterocycles. The van der Waals surface area contributed by atoms with Crippen molar-refractivity contribution in [3.8, 4) is 5.75 Å². The molecule has 0 saturated carbocycles. The molecular formula is C15H12BrF2NO. The van der Waals surface area contributed by atoms with Gasteiger partial charge in [0.1, 0.15) is 17.4 Å². The Labute approximate surface area is 123 Å². The largest absolute Gasteiger partial charge is 0.508 e. The number of rotatable bonds is 2. The summed E-state index contributed by atoms with van der Waals surface area (Å²) in [6, 6.07) is 7.35. The van der Waals surface area contributed by atoms with Gasteiger partial charge in [-0.25, -0.2) is 8.78 Å². The first-order valence-electron chi connectivity index (χ1n) is 6.27. The van der Waals surface area contributed by atoms with E-state index in [2.05, 4.69) is 21.2 Å². The highest BCUT2D eigenvalue weighted by Crippen LogP contribution is 2.36. The molecule has 1 aliphatic carbocycles. The van der Waals surface area contributed by atoms with Crippen LogP contribution in [0.4, 0.5) is 14.5 Å². The third kappa shape index (κ3) is 2.38. The van der Waals surface area contributed by atoms with Crippen molar-refractivity contribution in [2.45, 2.75) is 18.9 Å². The Morgan fingerprint density at radius 1 is 1.15 bits per heavy atom. The van der Waals surface area contributed by atoms with Crippen molar-refractivity contribution < 1.29 is 13.9 Å². The molecule has 1 unspecified atom stereocenters. The Hall–Kier alpha value is -1.62. The molecule has 2 N–H and O–H groups in total. The molecule has 2 aromatic rings. The molecule has 3 rings (SSSR count). The first-order valence-corrected chi connectivity index (χ1v) is 7.07. The molecule has 0 aliphatic heterocycles. The van der Waals surface area contributed by atoms with Crippen LogP contribution in [0.2, 0.25) is 0 Å². The second-order valence-electron chi connectivity index (χ2n) is 4.86. The fourth-order valence-electron chi connectivity index (χ4n) is 2.57. The molecule has 104 valence electrons. The highest BCUT2D eigenvalue weighted by Gasteiger charge is 2.23. The molecule has 0 heterocycles. The molecule has 0 bridgehead atoms. The number of halogens is 3. The Morgan fingerprint density at radius 2 is 1.95 bits per heavy atom. The van der Waals surface area contributed by atoms with Crippen LogP contribution >= 0.6 is 15.9 Å². The maximum atomic E-state index is 13.8. The van der Waals surface area contributed by atoms with Gasteiger partial charge in [-0.05, 0) is 58.1 Å². The number of benzene rings is 2. The minimum Gasteiger partial charge on any atom is -0.508 e. The van der Waals surface area contributed by atoms with Crippen LogP contribution in [0, 0.1) is 11.6 Å². The zero-order valence-electron chi connectivity index (χ0n) is 10.5. The second kappa shape index (κ2) is 5.05. The number of aromatic hydroxyl groups is 1. The number of hydrogen-bond donors (Lipinski definition) is 2. The maximum absolute atomic E-state index is 13.8. The Balaban J connectivity index is 1.89. The molecule has 0 saturated heterocycles. The fraction of sp³-hybridized carbons (Fsp3) is 0.200. The van der Waals surface area contributed by atoms with E-state index >= 15 is 0 Å². The van der Waals surface area contributed by atoms with Crippen LogP contribution in [0.25, 0.3) is 0 Å². The van der Waals surface area contributed by atoms with Gasteiger partial charge < -0.3 is 10.4 Å². The van der Waals surface area contributed by atoms with E-state index in [1.807, 2.05) is 6.07 Å². The molecule has 1 atom stereocenters. The number of fused-ring (bicyclic) bond motifs is 1. The first kappa shape index (κ1) is 13.4. The zero-order chi connectivity index (χ0) is 14.3. The first-order chi connectivity index (χ1) is 9.54. The molecule has 5 heteroatoms. The normalized spacial score (nSPS) is 17.1. The summed E-state index contributed by atoms with van der Waals surface area (Å²) in [6.45, 7) is 0. The Kier molecular flexibility index (Phi) is 3.38. The average Bonchev–Trinajstić information content (AvgIpc) is 2.78. The average molecular weight is 340 g/mol. The monoisotopic (exact) mass is 339 g/mol. The molecule has 0 amide bonds. The van der Waals surface area contributed by atoms with E-state index in [1.165, 1.54) is 0 Å². The van der Waals surface area contributed by atoms with Crippen LogP contribution in [0.1, 0.15) is 23.6 Å². The highest BCUT2D eigenvalue weighted by atomic mass is 79.9. The van der Waals surface area contributed by atoms with Gasteiger partial charge in [-0.3, -0.25) is 0 Å². The summed E-state index contributed by atoms with van der Waals surface area (Å²) < 4.78 is 27.4. The summed E-state index contributed by atoms with van der Waals surface area (Å²) in [5.74, 6) is -0.770. The van der Waals surface area contributed by atoms with Gasteiger partial charge in [0.2, 0.25) is 0 Å². The summed E-state index contributed by atoms with van der Waals surface area (Å²) in [4.78, 5) is 0. The number of aryl methyl sites for hydroxylation is 1. The molecule has 0 fully saturated rings. The third-order valence-electron chi connectivity index (χ3n) is 3.54. The van der Waals surface area contributed by atoms with E-state index in [1.54, 1.807) is 12.1 Å². The SMILES string of the molecule is Oc1ccc2c(c1)CCC2Nc1cc(F)c(Br)cc1F. The fourth-order valence-corrected chi connectivity index (χ4v) is 2.89. The van der Waals surface area contributed by atoms with Crippen molar-refractivity contribution in [3.63, 3.8) is 0 Å². The van der Waals surface area contributed by atoms with Crippen LogP contribution in [-0.4, -0.2) is 5.11 Å². The minimum atomic E-state index is -0.502. The lowest BCUT2D eigenvalue weighted by Crippen LogP contribution is -2.08. The van der Waals surface area contributed by atoms with Crippen LogP contribution in [0.15, 0.2) is 34.8 Å². The van der Waals surface area contributed by atoms with Gasteiger partial charge in [0, 0.05) is 6.07 Å². The minimum absolute atomic E-state index is 0.0688. The van der Waals surface area contributed by atoms with Gasteiger partial charge in [-0.2, -0.15) is 0 Å². The molecule has 1 aliphatic rings. The quantitative estimate of drug-likeness (QED) is 0.787. The Bertz CT molecular complexity index is 675. The number of hydrogen-bond acceptors (Lipinski definition) is 2. The number of phenols is 1. The summed E-state index contributed by atoms with van der Waals surface area (Å²) in [5.41, 5.74) is 2.21. The smallest absolute Gasteiger partial charge is 0.147 e. The zero-order valence-corrected chi connectivity index (χ0v) is 12.0. The van der Waals surface area contributed by atoms with Crippen molar-refractivity contribution in [3.05, 3.63) is 57.6 Å². The van der Waals surface area contributed by atoms with E-state index in [9.17, 15) is 13.9 Å². The lowest BCUT2D eigenvalue weighted by Gasteiger charge is -2.16. The summed E-state index contributed by atoms with van der Waals surface area (Å²) in [6.07, 6.45) is 1.60. The highest BCUT2D eigenvalue weighted by molar-refractivity contribution is 9.10. The van der Waals surface area contributed by atoms with Crippen molar-refractivity contribution in [2.24, 2.45) is 0 Å². The van der Waals surface area contributed by atoms with Gasteiger partial charge in [0.05, 0.1) is 16.2 Å². The molecule has 20 heavy (non-hydrogen) atoms. The molecule has 0 spiro atoms. The Morgan fingerprint density at radius 3 is 2.75 bits per heavy atom. The van der Waals surface area contributed by atoms with Crippen LogP contribution < -0.4 is 5.32 Å². The van der Waals surface area contributed by atoms with E-state index < -0.39 is 11.6 Å². The predicted molar refractivity (Wildman–Crippen MR) is 76.8 cm³/mol. The van der Waals surface area contributed by atoms with E-state index in [0.29, 0.717) is 0 Å². The topological polar surface area (TPSA) is 32.3 Å². The lowest BCUT2D eigenvalue weighted by atomic mass is 10.1. The summed E-state index contributed by atoms with van der Waals surface area (Å²) in [7, 11) is 0. The van der Waals surface area contributed by atoms with Crippen LogP contribution in [-0.2, 0) is 6.42 Å². The lowest BCUT2D eigenvalue weighted by molar-refractivity contribution is 0.474. The number of anilines is 1. The summed E-state index contributed by atoms with van der Waals surface area (Å²) in [5, 5.41) is 12.5. The molecule has 2 nitrogen and oxygen atoms in total. The van der Waals surface area contributed by atoms with Crippen LogP contribution in [0.3, 0.4) is 0 Å². The van der Waals surface area contributed by atoms with Gasteiger partial charge >= 0.3 is 0 Å². The van der Waals surface area contributed by atoms with Crippen LogP contribution in [0.5, 0.6) is 5.75 Å². The standard InChI is InChI=1S/C15H12BrF2NO/c16-11-6-13(18)15(7-12(11)17)19-14-4-1-8-5-9(20)2-3-10(8)14/h2-3,5-7,14,19-20H,1,4H2. The summed E-state index contributed by atoms with van der Waals surface area (Å²) >= 11 is 2.96. The van der Waals surface area contributed by atoms with Gasteiger partial charge in [-0.1, -0.05) is 6.07 Å². The number of nitrogens with one attached hydrogen (secondary N) is 1. The van der Waals surface area contributed by atoms with Gasteiger partial charge in [0.15, 0.2) is 0 Å². The maximum Gasteiger partial charge on any atom is 0.147 e. The van der Waals surface area contributed by atoms with Gasteiger partial charge in [0.25, 0.3) is 0 Å². The van der Waals surface area contributed by atoms with Gasteiger partial charge in [-0.15, -0.1) is 0 Å². The van der Waals surface area contributed by atoms with Crippen molar-refractivity contribution >= 4 is 21.6 Å². The molecular weight excluding hydrogens is 328 g/mol. The van der Waals surface area contributed by atoms with Crippen molar-refractivity contribution in [2.75, 3.05) is 5.32 Å². The van der Waals surface area contributed by atoms with E-state index in [4.69, 9.17) is 0 Å². The number of phenolic OH excluding ortho intramolecular Hbond substituents is 1. The molecule has 0 radical (unpaired) electrons. The van der Waals surface area contributed by atoms with Crippen molar-refractivity contribution in [1.82, 2.24) is 0 Å². The predicted octanol–water partition coefficient (Wildman–Crippen LogP) is 4.53. The third-order valence-corrected chi connectivity index (χ3v) is 4.15. The van der Waals surface area contributed by atoms with Crippen molar-refractivity contribution in [1.29, 1.82) is 0 Å². The van der Waals surface area contributed by atoms with E-state index in [0.717, 1.165) is 36.1 Å². The molecule has 2 aromatic carbocycles. The van der Waals surface area contributed by atoms with E-state index in [-0.39, 0.29) is 22.0 Å². The second-order valence-corrected chi connectivity index (χ2v) is 5.72.